The molecule has 8 nitrogen and oxygen atoms in total. The van der Waals surface area contributed by atoms with Crippen molar-refractivity contribution in [3.63, 3.8) is 0 Å². The van der Waals surface area contributed by atoms with E-state index in [0.717, 1.165) is 12.1 Å². The molecule has 29 heavy (non-hydrogen) atoms. The zero-order valence-electron chi connectivity index (χ0n) is 15.5. The number of carbonyl (C=O) groups is 2. The molecular weight excluding hydrogens is 399 g/mol. The molecule has 1 aliphatic heterocycles. The normalized spacial score (nSPS) is 17.5. The van der Waals surface area contributed by atoms with Crippen LogP contribution in [0.3, 0.4) is 0 Å². The van der Waals surface area contributed by atoms with Crippen LogP contribution in [0.2, 0.25) is 0 Å². The van der Waals surface area contributed by atoms with Gasteiger partial charge in [-0.25, -0.2) is 12.8 Å². The highest BCUT2D eigenvalue weighted by Gasteiger charge is 2.33. The molecule has 0 saturated carbocycles. The molecule has 0 bridgehead atoms. The van der Waals surface area contributed by atoms with E-state index in [9.17, 15) is 22.4 Å². The number of benzene rings is 1. The molecule has 10 heteroatoms. The highest BCUT2D eigenvalue weighted by molar-refractivity contribution is 7.89. The molecule has 1 aromatic heterocycles. The predicted molar refractivity (Wildman–Crippen MR) is 104 cm³/mol. The van der Waals surface area contributed by atoms with Crippen LogP contribution in [0.4, 0.5) is 10.1 Å². The molecule has 2 aromatic rings. The van der Waals surface area contributed by atoms with Gasteiger partial charge in [0, 0.05) is 31.2 Å². The fourth-order valence-corrected chi connectivity index (χ4v) is 4.61. The number of hydrogen-bond donors (Lipinski definition) is 2. The largest absolute Gasteiger partial charge is 0.347 e. The number of piperidine rings is 1. The van der Waals surface area contributed by atoms with Crippen molar-refractivity contribution in [2.45, 2.75) is 17.7 Å². The monoisotopic (exact) mass is 420 g/mol. The number of halogens is 1. The molecule has 0 unspecified atom stereocenters. The fourth-order valence-electron chi connectivity index (χ4n) is 3.08. The first-order valence-electron chi connectivity index (χ1n) is 9.09. The van der Waals surface area contributed by atoms with Gasteiger partial charge < -0.3 is 10.6 Å². The van der Waals surface area contributed by atoms with Crippen LogP contribution < -0.4 is 10.6 Å². The molecule has 0 spiro atoms. The fraction of sp³-hybridized carbons (Fsp3) is 0.316. The third-order valence-corrected chi connectivity index (χ3v) is 6.47. The molecule has 1 aromatic carbocycles. The van der Waals surface area contributed by atoms with Crippen molar-refractivity contribution in [2.24, 2.45) is 5.92 Å². The van der Waals surface area contributed by atoms with Crippen LogP contribution in [0.25, 0.3) is 0 Å². The minimum atomic E-state index is -3.82. The summed E-state index contributed by atoms with van der Waals surface area (Å²) in [5, 5.41) is 5.18. The second-order valence-corrected chi connectivity index (χ2v) is 8.60. The van der Waals surface area contributed by atoms with Crippen molar-refractivity contribution in [1.82, 2.24) is 14.6 Å². The summed E-state index contributed by atoms with van der Waals surface area (Å²) < 4.78 is 39.8. The van der Waals surface area contributed by atoms with E-state index in [1.54, 1.807) is 12.1 Å². The first-order valence-corrected chi connectivity index (χ1v) is 10.5. The average Bonchev–Trinajstić information content (AvgIpc) is 2.73. The number of sulfonamides is 1. The van der Waals surface area contributed by atoms with Crippen LogP contribution in [-0.2, 0) is 19.6 Å². The summed E-state index contributed by atoms with van der Waals surface area (Å²) in [4.78, 5) is 28.2. The Kier molecular flexibility index (Phi) is 6.55. The van der Waals surface area contributed by atoms with Gasteiger partial charge in [-0.05, 0) is 49.2 Å². The van der Waals surface area contributed by atoms with E-state index < -0.39 is 27.7 Å². The number of nitrogens with zero attached hydrogens (tertiary/aromatic N) is 2. The van der Waals surface area contributed by atoms with Crippen molar-refractivity contribution in [3.05, 3.63) is 54.6 Å². The topological polar surface area (TPSA) is 108 Å². The lowest BCUT2D eigenvalue weighted by Gasteiger charge is -2.31. The number of pyridine rings is 1. The summed E-state index contributed by atoms with van der Waals surface area (Å²) in [6, 6.07) is 7.83. The Balaban J connectivity index is 1.56. The highest BCUT2D eigenvalue weighted by Crippen LogP contribution is 2.24. The van der Waals surface area contributed by atoms with Crippen molar-refractivity contribution in [1.29, 1.82) is 0 Å². The first-order chi connectivity index (χ1) is 13.9. The predicted octanol–water partition coefficient (Wildman–Crippen LogP) is 1.38. The van der Waals surface area contributed by atoms with E-state index >= 15 is 0 Å². The van der Waals surface area contributed by atoms with Gasteiger partial charge in [-0.1, -0.05) is 0 Å². The SMILES string of the molecule is O=C(CNC(=O)[C@H]1CCCN(S(=O)(=O)c2ccc(F)cc2)C1)Nc1ccncc1. The molecule has 2 amide bonds. The smallest absolute Gasteiger partial charge is 0.243 e. The molecule has 1 fully saturated rings. The van der Waals surface area contributed by atoms with Crippen molar-refractivity contribution in [2.75, 3.05) is 25.0 Å². The minimum Gasteiger partial charge on any atom is -0.347 e. The maximum atomic E-state index is 13.1. The van der Waals surface area contributed by atoms with Crippen molar-refractivity contribution in [3.8, 4) is 0 Å². The molecule has 1 atom stereocenters. The molecule has 1 saturated heterocycles. The molecule has 1 aliphatic rings. The summed E-state index contributed by atoms with van der Waals surface area (Å²) in [6.45, 7) is 0.0753. The van der Waals surface area contributed by atoms with Gasteiger partial charge in [-0.3, -0.25) is 14.6 Å². The van der Waals surface area contributed by atoms with Gasteiger partial charge in [-0.15, -0.1) is 0 Å². The Bertz CT molecular complexity index is 967. The van der Waals surface area contributed by atoms with E-state index in [1.165, 1.54) is 28.8 Å². The quantitative estimate of drug-likeness (QED) is 0.734. The van der Waals surface area contributed by atoms with Crippen molar-refractivity contribution >= 4 is 27.5 Å². The maximum absolute atomic E-state index is 13.1. The van der Waals surface area contributed by atoms with E-state index in [1.807, 2.05) is 0 Å². The molecule has 0 aliphatic carbocycles. The van der Waals surface area contributed by atoms with Gasteiger partial charge in [0.2, 0.25) is 21.8 Å². The van der Waals surface area contributed by atoms with Gasteiger partial charge in [0.1, 0.15) is 5.82 Å². The van der Waals surface area contributed by atoms with E-state index in [-0.39, 0.29) is 30.4 Å². The molecular formula is C19H21FN4O4S. The number of carbonyl (C=O) groups excluding carboxylic acids is 2. The molecule has 2 N–H and O–H groups in total. The van der Waals surface area contributed by atoms with Gasteiger partial charge in [-0.2, -0.15) is 4.31 Å². The third-order valence-electron chi connectivity index (χ3n) is 4.59. The van der Waals surface area contributed by atoms with E-state index in [0.29, 0.717) is 18.5 Å². The Hall–Kier alpha value is -2.85. The van der Waals surface area contributed by atoms with Crippen LogP contribution in [-0.4, -0.2) is 49.2 Å². The van der Waals surface area contributed by atoms with E-state index in [2.05, 4.69) is 15.6 Å². The van der Waals surface area contributed by atoms with Gasteiger partial charge >= 0.3 is 0 Å². The summed E-state index contributed by atoms with van der Waals surface area (Å²) in [5.74, 6) is -1.86. The Morgan fingerprint density at radius 2 is 1.83 bits per heavy atom. The van der Waals surface area contributed by atoms with Gasteiger partial charge in [0.15, 0.2) is 0 Å². The maximum Gasteiger partial charge on any atom is 0.243 e. The standard InChI is InChI=1S/C19H21FN4O4S/c20-15-3-5-17(6-4-15)29(27,28)24-11-1-2-14(13-24)19(26)22-12-18(25)23-16-7-9-21-10-8-16/h3-10,14H,1-2,11-13H2,(H,22,26)(H,21,23,25)/t14-/m0/s1. The molecule has 154 valence electrons. The van der Waals surface area contributed by atoms with Gasteiger partial charge in [0.25, 0.3) is 0 Å². The highest BCUT2D eigenvalue weighted by atomic mass is 32.2. The molecule has 0 radical (unpaired) electrons. The summed E-state index contributed by atoms with van der Waals surface area (Å²) in [7, 11) is -3.82. The third kappa shape index (κ3) is 5.36. The van der Waals surface area contributed by atoms with Crippen LogP contribution in [0.15, 0.2) is 53.7 Å². The Labute approximate surface area is 168 Å². The lowest BCUT2D eigenvalue weighted by molar-refractivity contribution is -0.128. The average molecular weight is 420 g/mol. The second kappa shape index (κ2) is 9.10. The second-order valence-electron chi connectivity index (χ2n) is 6.66. The zero-order valence-corrected chi connectivity index (χ0v) is 16.4. The molecule has 2 heterocycles. The number of rotatable bonds is 6. The lowest BCUT2D eigenvalue weighted by atomic mass is 9.99. The number of nitrogens with one attached hydrogen (secondary N) is 2. The summed E-state index contributed by atoms with van der Waals surface area (Å²) in [6.07, 6.45) is 4.10. The van der Waals surface area contributed by atoms with Gasteiger partial charge in [0.05, 0.1) is 17.4 Å². The minimum absolute atomic E-state index is 0.0114. The summed E-state index contributed by atoms with van der Waals surface area (Å²) in [5.41, 5.74) is 0.563. The Morgan fingerprint density at radius 1 is 1.14 bits per heavy atom. The van der Waals surface area contributed by atoms with Crippen LogP contribution in [0.5, 0.6) is 0 Å². The number of anilines is 1. The zero-order chi connectivity index (χ0) is 20.9. The van der Waals surface area contributed by atoms with E-state index in [4.69, 9.17) is 0 Å². The van der Waals surface area contributed by atoms with Crippen LogP contribution in [0, 0.1) is 11.7 Å². The number of amides is 2. The van der Waals surface area contributed by atoms with Crippen LogP contribution in [0.1, 0.15) is 12.8 Å². The summed E-state index contributed by atoms with van der Waals surface area (Å²) >= 11 is 0. The van der Waals surface area contributed by atoms with Crippen LogP contribution >= 0.6 is 0 Å². The number of hydrogen-bond acceptors (Lipinski definition) is 5. The van der Waals surface area contributed by atoms with Crippen molar-refractivity contribution < 1.29 is 22.4 Å². The number of aromatic nitrogens is 1. The first kappa shape index (κ1) is 20.9. The Morgan fingerprint density at radius 3 is 2.52 bits per heavy atom. The molecule has 3 rings (SSSR count). The lowest BCUT2D eigenvalue weighted by Crippen LogP contribution is -2.46.